The largest absolute Gasteiger partial charge is 0.508 e. The zero-order valence-electron chi connectivity index (χ0n) is 14.2. The molecule has 0 amide bonds. The van der Waals surface area contributed by atoms with Gasteiger partial charge in [0.15, 0.2) is 11.5 Å². The van der Waals surface area contributed by atoms with Crippen molar-refractivity contribution in [2.45, 2.75) is 26.2 Å². The second-order valence-electron chi connectivity index (χ2n) is 5.35. The first-order valence-corrected chi connectivity index (χ1v) is 7.72. The molecule has 1 N–H and O–H groups in total. The molecule has 124 valence electrons. The van der Waals surface area contributed by atoms with Crippen molar-refractivity contribution in [2.24, 2.45) is 0 Å². The molecule has 2 rings (SSSR count). The van der Waals surface area contributed by atoms with Crippen LogP contribution in [0.1, 0.15) is 23.6 Å². The van der Waals surface area contributed by atoms with E-state index in [4.69, 9.17) is 14.2 Å². The quantitative estimate of drug-likeness (QED) is 0.845. The summed E-state index contributed by atoms with van der Waals surface area (Å²) < 4.78 is 16.1. The molecule has 0 aromatic heterocycles. The monoisotopic (exact) mass is 316 g/mol. The van der Waals surface area contributed by atoms with Gasteiger partial charge in [0.2, 0.25) is 5.75 Å². The van der Waals surface area contributed by atoms with Crippen LogP contribution in [-0.2, 0) is 19.3 Å². The Kier molecular flexibility index (Phi) is 5.74. The molecule has 0 bridgehead atoms. The minimum atomic E-state index is 0.365. The van der Waals surface area contributed by atoms with Crippen molar-refractivity contribution < 1.29 is 19.3 Å². The molecular formula is C19H24O4. The molecule has 0 aliphatic rings. The van der Waals surface area contributed by atoms with Crippen LogP contribution in [0, 0.1) is 0 Å². The average molecular weight is 316 g/mol. The molecule has 0 unspecified atom stereocenters. The van der Waals surface area contributed by atoms with Gasteiger partial charge >= 0.3 is 0 Å². The fourth-order valence-electron chi connectivity index (χ4n) is 2.65. The molecule has 0 fully saturated rings. The molecule has 4 heteroatoms. The lowest BCUT2D eigenvalue weighted by Gasteiger charge is -2.14. The van der Waals surface area contributed by atoms with E-state index in [2.05, 4.69) is 6.07 Å². The number of phenolic OH excluding ortho intramolecular Hbond substituents is 1. The van der Waals surface area contributed by atoms with Crippen LogP contribution in [0.15, 0.2) is 30.3 Å². The molecule has 0 saturated heterocycles. The van der Waals surface area contributed by atoms with Crippen LogP contribution in [-0.4, -0.2) is 26.4 Å². The average Bonchev–Trinajstić information content (AvgIpc) is 2.59. The highest BCUT2D eigenvalue weighted by Crippen LogP contribution is 2.38. The molecular weight excluding hydrogens is 292 g/mol. The van der Waals surface area contributed by atoms with E-state index < -0.39 is 0 Å². The molecule has 0 saturated carbocycles. The zero-order chi connectivity index (χ0) is 16.8. The van der Waals surface area contributed by atoms with E-state index in [0.29, 0.717) is 23.0 Å². The zero-order valence-corrected chi connectivity index (χ0v) is 14.2. The van der Waals surface area contributed by atoms with Gasteiger partial charge in [-0.3, -0.25) is 0 Å². The van der Waals surface area contributed by atoms with Gasteiger partial charge in [0.1, 0.15) is 5.75 Å². The van der Waals surface area contributed by atoms with Gasteiger partial charge in [0, 0.05) is 0 Å². The van der Waals surface area contributed by atoms with E-state index in [0.717, 1.165) is 30.4 Å². The third-order valence-corrected chi connectivity index (χ3v) is 3.95. The van der Waals surface area contributed by atoms with Crippen LogP contribution in [0.3, 0.4) is 0 Å². The third-order valence-electron chi connectivity index (χ3n) is 3.95. The Labute approximate surface area is 137 Å². The van der Waals surface area contributed by atoms with Crippen LogP contribution in [0.2, 0.25) is 0 Å². The van der Waals surface area contributed by atoms with Crippen molar-refractivity contribution in [1.29, 1.82) is 0 Å². The summed E-state index contributed by atoms with van der Waals surface area (Å²) in [4.78, 5) is 0. The van der Waals surface area contributed by atoms with E-state index >= 15 is 0 Å². The summed E-state index contributed by atoms with van der Waals surface area (Å²) in [6, 6.07) is 9.74. The fraction of sp³-hybridized carbons (Fsp3) is 0.368. The highest BCUT2D eigenvalue weighted by Gasteiger charge is 2.13. The number of hydrogen-bond donors (Lipinski definition) is 1. The molecule has 0 heterocycles. The normalized spacial score (nSPS) is 10.4. The topological polar surface area (TPSA) is 47.9 Å². The number of hydrogen-bond acceptors (Lipinski definition) is 4. The fourth-order valence-corrected chi connectivity index (χ4v) is 2.65. The number of aromatic hydroxyl groups is 1. The second-order valence-corrected chi connectivity index (χ2v) is 5.35. The van der Waals surface area contributed by atoms with Gasteiger partial charge in [0.05, 0.1) is 21.3 Å². The molecule has 2 aromatic rings. The Morgan fingerprint density at radius 2 is 1.43 bits per heavy atom. The van der Waals surface area contributed by atoms with Gasteiger partial charge in [-0.15, -0.1) is 0 Å². The minimum Gasteiger partial charge on any atom is -0.508 e. The van der Waals surface area contributed by atoms with Gasteiger partial charge in [-0.1, -0.05) is 19.1 Å². The van der Waals surface area contributed by atoms with Crippen molar-refractivity contribution in [2.75, 3.05) is 21.3 Å². The van der Waals surface area contributed by atoms with E-state index in [1.807, 2.05) is 25.1 Å². The standard InChI is InChI=1S/C19H24O4/c1-5-15-10-13(8-9-16(15)20)6-7-14-11-17(21-2)19(23-4)18(12-14)22-3/h8-12,20H,5-7H2,1-4H3. The Balaban J connectivity index is 2.20. The van der Waals surface area contributed by atoms with Gasteiger partial charge in [-0.05, 0) is 54.2 Å². The lowest BCUT2D eigenvalue weighted by atomic mass is 10.0. The Morgan fingerprint density at radius 1 is 0.826 bits per heavy atom. The molecule has 4 nitrogen and oxygen atoms in total. The predicted molar refractivity (Wildman–Crippen MR) is 91.0 cm³/mol. The number of phenols is 1. The Hall–Kier alpha value is -2.36. The number of rotatable bonds is 7. The number of methoxy groups -OCH3 is 3. The first-order valence-electron chi connectivity index (χ1n) is 7.72. The van der Waals surface area contributed by atoms with E-state index in [9.17, 15) is 5.11 Å². The predicted octanol–water partition coefficient (Wildman–Crippen LogP) is 3.77. The molecule has 0 aliphatic carbocycles. The minimum absolute atomic E-state index is 0.365. The van der Waals surface area contributed by atoms with Crippen molar-refractivity contribution in [3.8, 4) is 23.0 Å². The van der Waals surface area contributed by atoms with Crippen LogP contribution in [0.5, 0.6) is 23.0 Å². The molecule has 0 atom stereocenters. The van der Waals surface area contributed by atoms with Crippen LogP contribution < -0.4 is 14.2 Å². The first-order chi connectivity index (χ1) is 11.1. The summed E-state index contributed by atoms with van der Waals surface area (Å²) in [5.74, 6) is 2.31. The highest BCUT2D eigenvalue weighted by molar-refractivity contribution is 5.54. The maximum atomic E-state index is 9.77. The van der Waals surface area contributed by atoms with Crippen LogP contribution >= 0.6 is 0 Å². The van der Waals surface area contributed by atoms with E-state index in [1.54, 1.807) is 27.4 Å². The lowest BCUT2D eigenvalue weighted by Crippen LogP contribution is -1.99. The molecule has 0 spiro atoms. The number of benzene rings is 2. The summed E-state index contributed by atoms with van der Waals surface area (Å²) >= 11 is 0. The summed E-state index contributed by atoms with van der Waals surface area (Å²) in [5.41, 5.74) is 3.30. The van der Waals surface area contributed by atoms with Crippen LogP contribution in [0.4, 0.5) is 0 Å². The van der Waals surface area contributed by atoms with Gasteiger partial charge in [0.25, 0.3) is 0 Å². The summed E-state index contributed by atoms with van der Waals surface area (Å²) in [6.07, 6.45) is 2.56. The number of aryl methyl sites for hydroxylation is 3. The van der Waals surface area contributed by atoms with Gasteiger partial charge in [-0.2, -0.15) is 0 Å². The molecule has 0 radical (unpaired) electrons. The van der Waals surface area contributed by atoms with Crippen molar-refractivity contribution in [3.63, 3.8) is 0 Å². The highest BCUT2D eigenvalue weighted by atomic mass is 16.5. The van der Waals surface area contributed by atoms with Gasteiger partial charge < -0.3 is 19.3 Å². The maximum absolute atomic E-state index is 9.77. The molecule has 0 aliphatic heterocycles. The second kappa shape index (κ2) is 7.77. The summed E-state index contributed by atoms with van der Waals surface area (Å²) in [6.45, 7) is 2.04. The first kappa shape index (κ1) is 17.0. The summed E-state index contributed by atoms with van der Waals surface area (Å²) in [7, 11) is 4.84. The summed E-state index contributed by atoms with van der Waals surface area (Å²) in [5, 5.41) is 9.77. The SMILES string of the molecule is CCc1cc(CCc2cc(OC)c(OC)c(OC)c2)ccc1O. The maximum Gasteiger partial charge on any atom is 0.203 e. The van der Waals surface area contributed by atoms with E-state index in [-0.39, 0.29) is 0 Å². The van der Waals surface area contributed by atoms with E-state index in [1.165, 1.54) is 5.56 Å². The van der Waals surface area contributed by atoms with Crippen molar-refractivity contribution in [1.82, 2.24) is 0 Å². The lowest BCUT2D eigenvalue weighted by molar-refractivity contribution is 0.324. The van der Waals surface area contributed by atoms with Gasteiger partial charge in [-0.25, -0.2) is 0 Å². The van der Waals surface area contributed by atoms with Crippen LogP contribution in [0.25, 0.3) is 0 Å². The Bertz CT molecular complexity index is 639. The smallest absolute Gasteiger partial charge is 0.203 e. The third kappa shape index (κ3) is 3.89. The molecule has 2 aromatic carbocycles. The molecule has 23 heavy (non-hydrogen) atoms. The van der Waals surface area contributed by atoms with Crippen molar-refractivity contribution in [3.05, 3.63) is 47.0 Å². The Morgan fingerprint density at radius 3 is 1.96 bits per heavy atom. The number of ether oxygens (including phenoxy) is 3. The van der Waals surface area contributed by atoms with Crippen molar-refractivity contribution >= 4 is 0 Å².